The molecular weight excluding hydrogens is 587 g/mol. The van der Waals surface area contributed by atoms with Crippen LogP contribution in [0.3, 0.4) is 0 Å². The SMILES string of the molecule is COc1ccc(-c2ccc(CN3C(=O)[C@@H](N)CC(F)(F)c4cc(F)c(-c5nnc(C(C)(C)S(C)(=O)=O)o5)cc43)cc2)nc1. The summed E-state index contributed by atoms with van der Waals surface area (Å²) < 4.78 is 79.5. The number of nitrogens with two attached hydrogens (primary N) is 1. The number of rotatable bonds is 7. The molecule has 0 spiro atoms. The first-order valence-electron chi connectivity index (χ1n) is 13.0. The number of fused-ring (bicyclic) bond motifs is 1. The van der Waals surface area contributed by atoms with Crippen molar-refractivity contribution in [3.63, 3.8) is 0 Å². The van der Waals surface area contributed by atoms with E-state index in [9.17, 15) is 13.2 Å². The molecule has 43 heavy (non-hydrogen) atoms. The Kier molecular flexibility index (Phi) is 7.55. The number of methoxy groups -OCH3 is 1. The molecule has 4 aromatic rings. The number of carbonyl (C=O) groups is 1. The standard InChI is InChI=1S/C29H28F3N5O5S/c1-28(2,43(4,39)40)27-36-35-25(42-27)19-11-24-20(12-21(19)30)29(31,32)13-22(33)26(38)37(24)15-16-5-7-17(8-6-16)23-10-9-18(41-3)14-34-23/h5-12,14,22H,13,15,33H2,1-4H3/t22-/m0/s1. The van der Waals surface area contributed by atoms with Crippen molar-refractivity contribution >= 4 is 21.4 Å². The lowest BCUT2D eigenvalue weighted by Gasteiger charge is -2.25. The van der Waals surface area contributed by atoms with Gasteiger partial charge in [-0.3, -0.25) is 9.78 Å². The molecular formula is C29H28F3N5O5S. The summed E-state index contributed by atoms with van der Waals surface area (Å²) in [7, 11) is -2.18. The lowest BCUT2D eigenvalue weighted by molar-refractivity contribution is -0.122. The van der Waals surface area contributed by atoms with Gasteiger partial charge in [-0.05, 0) is 43.7 Å². The number of alkyl halides is 2. The number of anilines is 1. The van der Waals surface area contributed by atoms with Crippen LogP contribution in [0.5, 0.6) is 5.75 Å². The second kappa shape index (κ2) is 10.8. The van der Waals surface area contributed by atoms with Crippen LogP contribution in [-0.2, 0) is 31.8 Å². The van der Waals surface area contributed by atoms with E-state index >= 15 is 13.2 Å². The topological polar surface area (TPSA) is 142 Å². The van der Waals surface area contributed by atoms with E-state index in [0.717, 1.165) is 22.8 Å². The van der Waals surface area contributed by atoms with Gasteiger partial charge in [0.2, 0.25) is 11.8 Å². The van der Waals surface area contributed by atoms with Crippen molar-refractivity contribution in [2.75, 3.05) is 18.3 Å². The van der Waals surface area contributed by atoms with Crippen LogP contribution in [0.25, 0.3) is 22.7 Å². The minimum Gasteiger partial charge on any atom is -0.495 e. The van der Waals surface area contributed by atoms with Gasteiger partial charge in [-0.1, -0.05) is 24.3 Å². The average Bonchev–Trinajstić information content (AvgIpc) is 3.44. The van der Waals surface area contributed by atoms with Crippen LogP contribution in [-0.4, -0.2) is 48.9 Å². The van der Waals surface area contributed by atoms with Gasteiger partial charge >= 0.3 is 0 Å². The van der Waals surface area contributed by atoms with Gasteiger partial charge in [-0.15, -0.1) is 10.2 Å². The zero-order chi connectivity index (χ0) is 31.3. The molecule has 1 amide bonds. The molecule has 0 fully saturated rings. The molecule has 226 valence electrons. The van der Waals surface area contributed by atoms with Crippen molar-refractivity contribution in [1.82, 2.24) is 15.2 Å². The number of benzene rings is 2. The van der Waals surface area contributed by atoms with Gasteiger partial charge in [0.05, 0.1) is 42.8 Å². The van der Waals surface area contributed by atoms with E-state index in [1.807, 2.05) is 0 Å². The predicted octanol–water partition coefficient (Wildman–Crippen LogP) is 4.58. The highest BCUT2D eigenvalue weighted by atomic mass is 32.2. The lowest BCUT2D eigenvalue weighted by atomic mass is 9.99. The third-order valence-electron chi connectivity index (χ3n) is 7.49. The molecule has 5 rings (SSSR count). The summed E-state index contributed by atoms with van der Waals surface area (Å²) in [5.41, 5.74) is 6.51. The molecule has 0 radical (unpaired) electrons. The Morgan fingerprint density at radius 2 is 1.84 bits per heavy atom. The molecule has 2 aromatic heterocycles. The number of nitrogens with zero attached hydrogens (tertiary/aromatic N) is 4. The molecule has 2 aromatic carbocycles. The third-order valence-corrected chi connectivity index (χ3v) is 9.52. The number of hydrogen-bond donors (Lipinski definition) is 1. The fourth-order valence-electron chi connectivity index (χ4n) is 4.57. The lowest BCUT2D eigenvalue weighted by Crippen LogP contribution is -2.43. The average molecular weight is 616 g/mol. The maximum atomic E-state index is 15.4. The quantitative estimate of drug-likeness (QED) is 0.316. The van der Waals surface area contributed by atoms with Crippen LogP contribution >= 0.6 is 0 Å². The van der Waals surface area contributed by atoms with Gasteiger partial charge in [0.25, 0.3) is 11.8 Å². The highest BCUT2D eigenvalue weighted by Crippen LogP contribution is 2.45. The highest BCUT2D eigenvalue weighted by molar-refractivity contribution is 7.91. The Hall–Kier alpha value is -4.30. The highest BCUT2D eigenvalue weighted by Gasteiger charge is 2.45. The number of pyridine rings is 1. The fraction of sp³-hybridized carbons (Fsp3) is 0.310. The monoisotopic (exact) mass is 615 g/mol. The van der Waals surface area contributed by atoms with E-state index in [0.29, 0.717) is 23.1 Å². The van der Waals surface area contributed by atoms with Gasteiger partial charge in [-0.25, -0.2) is 21.6 Å². The van der Waals surface area contributed by atoms with Crippen LogP contribution in [0.15, 0.2) is 59.1 Å². The Labute approximate surface area is 245 Å². The molecule has 0 aliphatic carbocycles. The van der Waals surface area contributed by atoms with Crippen molar-refractivity contribution in [2.45, 2.75) is 43.5 Å². The molecule has 1 atom stereocenters. The number of aromatic nitrogens is 3. The van der Waals surface area contributed by atoms with Crippen molar-refractivity contribution in [2.24, 2.45) is 5.73 Å². The van der Waals surface area contributed by atoms with Crippen molar-refractivity contribution < 1.29 is 35.5 Å². The largest absolute Gasteiger partial charge is 0.495 e. The second-order valence-electron chi connectivity index (χ2n) is 10.8. The number of halogens is 3. The Bertz CT molecular complexity index is 1790. The van der Waals surface area contributed by atoms with Crippen molar-refractivity contribution in [1.29, 1.82) is 0 Å². The number of carbonyl (C=O) groups excluding carboxylic acids is 1. The number of ether oxygens (including phenoxy) is 1. The van der Waals surface area contributed by atoms with E-state index in [2.05, 4.69) is 15.2 Å². The van der Waals surface area contributed by atoms with Crippen LogP contribution in [0.1, 0.15) is 37.3 Å². The van der Waals surface area contributed by atoms with E-state index in [1.54, 1.807) is 42.6 Å². The summed E-state index contributed by atoms with van der Waals surface area (Å²) in [6.07, 6.45) is 1.53. The predicted molar refractivity (Wildman–Crippen MR) is 151 cm³/mol. The maximum absolute atomic E-state index is 15.4. The summed E-state index contributed by atoms with van der Waals surface area (Å²) in [5.74, 6) is -5.70. The van der Waals surface area contributed by atoms with Crippen molar-refractivity contribution in [3.8, 4) is 28.5 Å². The van der Waals surface area contributed by atoms with E-state index in [-0.39, 0.29) is 23.7 Å². The minimum absolute atomic E-state index is 0.160. The first-order valence-corrected chi connectivity index (χ1v) is 14.9. The Morgan fingerprint density at radius 1 is 1.14 bits per heavy atom. The number of sulfone groups is 1. The van der Waals surface area contributed by atoms with Crippen LogP contribution in [0, 0.1) is 5.82 Å². The van der Waals surface area contributed by atoms with E-state index in [4.69, 9.17) is 14.9 Å². The first-order chi connectivity index (χ1) is 20.1. The molecule has 0 unspecified atom stereocenters. The fourth-order valence-corrected chi connectivity index (χ4v) is 4.97. The molecule has 0 saturated heterocycles. The van der Waals surface area contributed by atoms with Gasteiger partial charge in [-0.2, -0.15) is 0 Å². The Morgan fingerprint density at radius 3 is 2.44 bits per heavy atom. The molecule has 2 N–H and O–H groups in total. The van der Waals surface area contributed by atoms with Crippen LogP contribution in [0.2, 0.25) is 0 Å². The molecule has 1 aliphatic heterocycles. The molecule has 10 nitrogen and oxygen atoms in total. The van der Waals surface area contributed by atoms with Gasteiger partial charge in [0.1, 0.15) is 16.3 Å². The number of amides is 1. The summed E-state index contributed by atoms with van der Waals surface area (Å²) in [5, 5.41) is 7.54. The van der Waals surface area contributed by atoms with Crippen molar-refractivity contribution in [3.05, 3.63) is 77.6 Å². The summed E-state index contributed by atoms with van der Waals surface area (Å²) in [6.45, 7) is 2.52. The molecule has 0 saturated carbocycles. The first kappa shape index (κ1) is 30.2. The van der Waals surface area contributed by atoms with E-state index in [1.165, 1.54) is 21.0 Å². The molecule has 0 bridgehead atoms. The molecule has 1 aliphatic rings. The normalized spacial score (nSPS) is 17.0. The van der Waals surface area contributed by atoms with E-state index < -0.39 is 56.1 Å². The summed E-state index contributed by atoms with van der Waals surface area (Å²) in [6, 6.07) is 10.6. The second-order valence-corrected chi connectivity index (χ2v) is 13.3. The zero-order valence-electron chi connectivity index (χ0n) is 23.6. The third kappa shape index (κ3) is 5.59. The van der Waals surface area contributed by atoms with Crippen LogP contribution < -0.4 is 15.4 Å². The smallest absolute Gasteiger partial charge is 0.277 e. The Balaban J connectivity index is 1.55. The van der Waals surface area contributed by atoms with Crippen LogP contribution in [0.4, 0.5) is 18.9 Å². The summed E-state index contributed by atoms with van der Waals surface area (Å²) in [4.78, 5) is 18.8. The summed E-state index contributed by atoms with van der Waals surface area (Å²) >= 11 is 0. The zero-order valence-corrected chi connectivity index (χ0v) is 24.5. The van der Waals surface area contributed by atoms with Gasteiger partial charge < -0.3 is 19.8 Å². The number of hydrogen-bond acceptors (Lipinski definition) is 9. The maximum Gasteiger partial charge on any atom is 0.277 e. The molecule has 14 heteroatoms. The van der Waals surface area contributed by atoms with Gasteiger partial charge in [0.15, 0.2) is 9.84 Å². The minimum atomic E-state index is -3.72. The van der Waals surface area contributed by atoms with Gasteiger partial charge in [0, 0.05) is 23.8 Å². The molecule has 3 heterocycles.